The van der Waals surface area contributed by atoms with Crippen LogP contribution in [0.4, 0.5) is 5.69 Å². The Morgan fingerprint density at radius 1 is 1.14 bits per heavy atom. The Balaban J connectivity index is 1.46. The number of aliphatic imine (C=N–C) groups is 1. The summed E-state index contributed by atoms with van der Waals surface area (Å²) in [6.07, 6.45) is 0. The van der Waals surface area contributed by atoms with Crippen molar-refractivity contribution >= 4 is 50.9 Å². The van der Waals surface area contributed by atoms with Gasteiger partial charge >= 0.3 is 0 Å². The molecule has 1 aliphatic heterocycles. The molecule has 0 aromatic heterocycles. The SMILES string of the molecule is C[C@H]1CN(C(=O)COc2ccc3ccccc3c2)C(=Nc2ccc(Cl)cc2)S1. The summed E-state index contributed by atoms with van der Waals surface area (Å²) < 4.78 is 5.76. The van der Waals surface area contributed by atoms with Crippen molar-refractivity contribution in [2.24, 2.45) is 4.99 Å². The van der Waals surface area contributed by atoms with Crippen LogP contribution in [0.25, 0.3) is 10.8 Å². The molecule has 3 aromatic carbocycles. The van der Waals surface area contributed by atoms with Gasteiger partial charge in [0.25, 0.3) is 5.91 Å². The molecule has 1 saturated heterocycles. The van der Waals surface area contributed by atoms with Gasteiger partial charge in [0.15, 0.2) is 11.8 Å². The third-order valence-corrected chi connectivity index (χ3v) is 5.74. The summed E-state index contributed by atoms with van der Waals surface area (Å²) in [5, 5.41) is 3.87. The van der Waals surface area contributed by atoms with Gasteiger partial charge in [-0.2, -0.15) is 0 Å². The zero-order chi connectivity index (χ0) is 19.5. The number of amides is 1. The molecule has 0 aliphatic carbocycles. The second-order valence-corrected chi connectivity index (χ2v) is 8.44. The lowest BCUT2D eigenvalue weighted by Crippen LogP contribution is -2.36. The zero-order valence-electron chi connectivity index (χ0n) is 15.3. The van der Waals surface area contributed by atoms with Gasteiger partial charge in [-0.3, -0.25) is 9.69 Å². The molecule has 4 nitrogen and oxygen atoms in total. The molecule has 0 radical (unpaired) electrons. The summed E-state index contributed by atoms with van der Waals surface area (Å²) in [6, 6.07) is 21.2. The molecule has 6 heteroatoms. The molecule has 0 saturated carbocycles. The van der Waals surface area contributed by atoms with Crippen molar-refractivity contribution in [3.8, 4) is 5.75 Å². The fraction of sp³-hybridized carbons (Fsp3) is 0.182. The zero-order valence-corrected chi connectivity index (χ0v) is 16.9. The lowest BCUT2D eigenvalue weighted by molar-refractivity contribution is -0.129. The highest BCUT2D eigenvalue weighted by molar-refractivity contribution is 8.14. The van der Waals surface area contributed by atoms with Gasteiger partial charge in [0.1, 0.15) is 5.75 Å². The van der Waals surface area contributed by atoms with E-state index in [0.29, 0.717) is 22.5 Å². The average Bonchev–Trinajstić information content (AvgIpc) is 3.08. The fourth-order valence-corrected chi connectivity index (χ4v) is 4.19. The largest absolute Gasteiger partial charge is 0.484 e. The lowest BCUT2D eigenvalue weighted by Gasteiger charge is -2.16. The van der Waals surface area contributed by atoms with Crippen LogP contribution in [0.3, 0.4) is 0 Å². The number of ether oxygens (including phenoxy) is 1. The topological polar surface area (TPSA) is 41.9 Å². The summed E-state index contributed by atoms with van der Waals surface area (Å²) in [7, 11) is 0. The number of fused-ring (bicyclic) bond motifs is 1. The van der Waals surface area contributed by atoms with Gasteiger partial charge in [0, 0.05) is 16.8 Å². The number of benzene rings is 3. The van der Waals surface area contributed by atoms with Crippen molar-refractivity contribution in [1.29, 1.82) is 0 Å². The average molecular weight is 411 g/mol. The first kappa shape index (κ1) is 18.8. The van der Waals surface area contributed by atoms with Crippen LogP contribution in [0.15, 0.2) is 71.7 Å². The van der Waals surface area contributed by atoms with Crippen LogP contribution in [-0.2, 0) is 4.79 Å². The van der Waals surface area contributed by atoms with E-state index in [9.17, 15) is 4.79 Å². The normalized spacial score (nSPS) is 18.0. The number of halogens is 1. The molecule has 3 aromatic rings. The number of rotatable bonds is 4. The molecule has 142 valence electrons. The molecule has 1 atom stereocenters. The van der Waals surface area contributed by atoms with E-state index in [0.717, 1.165) is 16.5 Å². The summed E-state index contributed by atoms with van der Waals surface area (Å²) in [6.45, 7) is 2.68. The number of amidine groups is 1. The molecule has 0 N–H and O–H groups in total. The first-order chi connectivity index (χ1) is 13.6. The maximum absolute atomic E-state index is 12.8. The van der Waals surface area contributed by atoms with Gasteiger partial charge in [0.05, 0.1) is 5.69 Å². The highest BCUT2D eigenvalue weighted by atomic mass is 35.5. The van der Waals surface area contributed by atoms with E-state index in [-0.39, 0.29) is 17.8 Å². The summed E-state index contributed by atoms with van der Waals surface area (Å²) >= 11 is 7.52. The molecule has 0 bridgehead atoms. The number of carbonyl (C=O) groups is 1. The van der Waals surface area contributed by atoms with Crippen molar-refractivity contribution in [3.05, 3.63) is 71.8 Å². The van der Waals surface area contributed by atoms with Gasteiger partial charge < -0.3 is 4.74 Å². The smallest absolute Gasteiger partial charge is 0.266 e. The molecule has 0 spiro atoms. The third kappa shape index (κ3) is 4.32. The molecular weight excluding hydrogens is 392 g/mol. The highest BCUT2D eigenvalue weighted by Gasteiger charge is 2.31. The van der Waals surface area contributed by atoms with E-state index < -0.39 is 0 Å². The van der Waals surface area contributed by atoms with E-state index >= 15 is 0 Å². The molecule has 1 aliphatic rings. The number of hydrogen-bond acceptors (Lipinski definition) is 4. The van der Waals surface area contributed by atoms with Crippen LogP contribution in [0.2, 0.25) is 5.02 Å². The van der Waals surface area contributed by atoms with Crippen molar-refractivity contribution in [3.63, 3.8) is 0 Å². The molecule has 1 heterocycles. The maximum Gasteiger partial charge on any atom is 0.266 e. The number of hydrogen-bond donors (Lipinski definition) is 0. The van der Waals surface area contributed by atoms with E-state index in [1.165, 1.54) is 0 Å². The van der Waals surface area contributed by atoms with Crippen LogP contribution in [-0.4, -0.2) is 34.4 Å². The van der Waals surface area contributed by atoms with Crippen LogP contribution in [0, 0.1) is 0 Å². The fourth-order valence-electron chi connectivity index (χ4n) is 3.02. The monoisotopic (exact) mass is 410 g/mol. The molecule has 4 rings (SSSR count). The van der Waals surface area contributed by atoms with Crippen LogP contribution >= 0.6 is 23.4 Å². The Morgan fingerprint density at radius 2 is 1.89 bits per heavy atom. The van der Waals surface area contributed by atoms with E-state index in [1.54, 1.807) is 28.8 Å². The predicted octanol–water partition coefficient (Wildman–Crippen LogP) is 5.52. The van der Waals surface area contributed by atoms with Gasteiger partial charge in [-0.15, -0.1) is 0 Å². The molecule has 1 amide bonds. The lowest BCUT2D eigenvalue weighted by atomic mass is 10.1. The van der Waals surface area contributed by atoms with Crippen molar-refractivity contribution in [2.75, 3.05) is 13.2 Å². The first-order valence-electron chi connectivity index (χ1n) is 9.01. The summed E-state index contributed by atoms with van der Waals surface area (Å²) in [5.41, 5.74) is 0.772. The Hall–Kier alpha value is -2.50. The quantitative estimate of drug-likeness (QED) is 0.568. The van der Waals surface area contributed by atoms with Crippen molar-refractivity contribution in [1.82, 2.24) is 4.90 Å². The van der Waals surface area contributed by atoms with Crippen molar-refractivity contribution < 1.29 is 9.53 Å². The Morgan fingerprint density at radius 3 is 2.68 bits per heavy atom. The van der Waals surface area contributed by atoms with Gasteiger partial charge in [-0.05, 0) is 47.2 Å². The van der Waals surface area contributed by atoms with Gasteiger partial charge in [-0.25, -0.2) is 4.99 Å². The second kappa shape index (κ2) is 8.25. The first-order valence-corrected chi connectivity index (χ1v) is 10.3. The maximum atomic E-state index is 12.8. The molecule has 1 fully saturated rings. The Bertz CT molecular complexity index is 1040. The Labute approximate surface area is 173 Å². The molecular formula is C22H19ClN2O2S. The minimum atomic E-state index is -0.0993. The van der Waals surface area contributed by atoms with Crippen LogP contribution in [0.1, 0.15) is 6.92 Å². The molecule has 28 heavy (non-hydrogen) atoms. The van der Waals surface area contributed by atoms with Gasteiger partial charge in [0.2, 0.25) is 0 Å². The minimum Gasteiger partial charge on any atom is -0.484 e. The molecule has 0 unspecified atom stereocenters. The number of thioether (sulfide) groups is 1. The van der Waals surface area contributed by atoms with Crippen LogP contribution < -0.4 is 4.74 Å². The van der Waals surface area contributed by atoms with Gasteiger partial charge in [-0.1, -0.05) is 60.6 Å². The van der Waals surface area contributed by atoms with Crippen LogP contribution in [0.5, 0.6) is 5.75 Å². The highest BCUT2D eigenvalue weighted by Crippen LogP contribution is 2.29. The number of nitrogens with zero attached hydrogens (tertiary/aromatic N) is 2. The minimum absolute atomic E-state index is 0.0226. The van der Waals surface area contributed by atoms with E-state index in [2.05, 4.69) is 11.9 Å². The summed E-state index contributed by atoms with van der Waals surface area (Å²) in [4.78, 5) is 19.1. The third-order valence-electron chi connectivity index (χ3n) is 4.41. The van der Waals surface area contributed by atoms with E-state index in [1.807, 2.05) is 54.6 Å². The van der Waals surface area contributed by atoms with Crippen molar-refractivity contribution in [2.45, 2.75) is 12.2 Å². The second-order valence-electron chi connectivity index (χ2n) is 6.60. The van der Waals surface area contributed by atoms with E-state index in [4.69, 9.17) is 16.3 Å². The summed E-state index contributed by atoms with van der Waals surface area (Å²) in [5.74, 6) is 0.584. The standard InChI is InChI=1S/C22H19ClN2O2S/c1-15-13-25(22(28-15)24-19-9-7-18(23)8-10-19)21(26)14-27-20-11-6-16-4-2-3-5-17(16)12-20/h2-12,15H,13-14H2,1H3/t15-/m0/s1. The number of carbonyl (C=O) groups excluding carboxylic acids is 1. The predicted molar refractivity (Wildman–Crippen MR) is 117 cm³/mol. The Kier molecular flexibility index (Phi) is 5.55.